The van der Waals surface area contributed by atoms with Gasteiger partial charge in [0.2, 0.25) is 5.91 Å². The molecule has 0 radical (unpaired) electrons. The SMILES string of the molecule is CSCC[C@@H](C(=O)Nc1ncc(C)s1)N1C(=O)c2ccccc2C1=O. The summed E-state index contributed by atoms with van der Waals surface area (Å²) in [4.78, 5) is 44.3. The molecule has 0 spiro atoms. The van der Waals surface area contributed by atoms with Crippen molar-refractivity contribution >= 4 is 46.0 Å². The number of nitrogens with one attached hydrogen (secondary N) is 1. The van der Waals surface area contributed by atoms with Gasteiger partial charge in [-0.1, -0.05) is 12.1 Å². The second-order valence-corrected chi connectivity index (χ2v) is 7.81. The van der Waals surface area contributed by atoms with Crippen LogP contribution in [0.2, 0.25) is 0 Å². The van der Waals surface area contributed by atoms with Crippen molar-refractivity contribution in [3.63, 3.8) is 0 Å². The van der Waals surface area contributed by atoms with Gasteiger partial charge in [-0.05, 0) is 37.5 Å². The predicted octanol–water partition coefficient (Wildman–Crippen LogP) is 2.81. The van der Waals surface area contributed by atoms with Gasteiger partial charge in [0.1, 0.15) is 6.04 Å². The maximum atomic E-state index is 12.8. The van der Waals surface area contributed by atoms with E-state index in [0.29, 0.717) is 28.4 Å². The molecule has 0 bridgehead atoms. The molecule has 1 N–H and O–H groups in total. The highest BCUT2D eigenvalue weighted by Gasteiger charge is 2.42. The molecule has 0 aliphatic carbocycles. The topological polar surface area (TPSA) is 79.4 Å². The molecular weight excluding hydrogens is 358 g/mol. The molecule has 2 aromatic rings. The number of carbonyl (C=O) groups excluding carboxylic acids is 3. The normalized spacial score (nSPS) is 14.6. The monoisotopic (exact) mass is 375 g/mol. The van der Waals surface area contributed by atoms with Gasteiger partial charge in [-0.2, -0.15) is 11.8 Å². The van der Waals surface area contributed by atoms with Crippen LogP contribution in [0, 0.1) is 6.92 Å². The second kappa shape index (κ2) is 7.37. The second-order valence-electron chi connectivity index (χ2n) is 5.59. The third kappa shape index (κ3) is 3.45. The molecule has 8 heteroatoms. The number of nitrogens with zero attached hydrogens (tertiary/aromatic N) is 2. The summed E-state index contributed by atoms with van der Waals surface area (Å²) in [6.07, 6.45) is 3.98. The Morgan fingerprint density at radius 3 is 2.44 bits per heavy atom. The number of imide groups is 1. The van der Waals surface area contributed by atoms with E-state index >= 15 is 0 Å². The summed E-state index contributed by atoms with van der Waals surface area (Å²) in [6.45, 7) is 1.89. The maximum Gasteiger partial charge on any atom is 0.262 e. The Bertz CT molecular complexity index is 799. The highest BCUT2D eigenvalue weighted by molar-refractivity contribution is 7.98. The molecule has 1 atom stereocenters. The molecule has 0 unspecified atom stereocenters. The van der Waals surface area contributed by atoms with Crippen LogP contribution < -0.4 is 5.32 Å². The Hall–Kier alpha value is -2.19. The van der Waals surface area contributed by atoms with E-state index in [1.807, 2.05) is 13.2 Å². The molecule has 25 heavy (non-hydrogen) atoms. The van der Waals surface area contributed by atoms with E-state index in [9.17, 15) is 14.4 Å². The van der Waals surface area contributed by atoms with Gasteiger partial charge in [0.15, 0.2) is 5.13 Å². The van der Waals surface area contributed by atoms with Gasteiger partial charge in [0.25, 0.3) is 11.8 Å². The first kappa shape index (κ1) is 17.6. The minimum atomic E-state index is -0.857. The number of carbonyl (C=O) groups is 3. The number of thiazole rings is 1. The number of benzene rings is 1. The van der Waals surface area contributed by atoms with Gasteiger partial charge in [0.05, 0.1) is 11.1 Å². The summed E-state index contributed by atoms with van der Waals surface area (Å²) in [5.74, 6) is -0.574. The summed E-state index contributed by atoms with van der Waals surface area (Å²) >= 11 is 2.91. The number of anilines is 1. The molecule has 2 heterocycles. The van der Waals surface area contributed by atoms with Crippen LogP contribution in [0.25, 0.3) is 0 Å². The van der Waals surface area contributed by atoms with Crippen molar-refractivity contribution in [3.05, 3.63) is 46.5 Å². The molecule has 130 valence electrons. The molecule has 0 fully saturated rings. The van der Waals surface area contributed by atoms with Crippen molar-refractivity contribution < 1.29 is 14.4 Å². The van der Waals surface area contributed by atoms with Crippen LogP contribution in [0.1, 0.15) is 32.0 Å². The molecule has 6 nitrogen and oxygen atoms in total. The molecule has 1 aliphatic rings. The molecule has 0 saturated carbocycles. The quantitative estimate of drug-likeness (QED) is 0.786. The van der Waals surface area contributed by atoms with Gasteiger partial charge in [-0.15, -0.1) is 11.3 Å². The molecule has 3 rings (SSSR count). The summed E-state index contributed by atoms with van der Waals surface area (Å²) in [5.41, 5.74) is 0.694. The third-order valence-corrected chi connectivity index (χ3v) is 5.36. The number of fused-ring (bicyclic) bond motifs is 1. The predicted molar refractivity (Wildman–Crippen MR) is 99.2 cm³/mol. The minimum absolute atomic E-state index is 0.347. The average Bonchev–Trinajstić information content (AvgIpc) is 3.11. The van der Waals surface area contributed by atoms with Crippen LogP contribution in [0.15, 0.2) is 30.5 Å². The number of rotatable bonds is 6. The molecule has 3 amide bonds. The van der Waals surface area contributed by atoms with Crippen molar-refractivity contribution in [1.82, 2.24) is 9.88 Å². The fourth-order valence-electron chi connectivity index (χ4n) is 2.70. The summed E-state index contributed by atoms with van der Waals surface area (Å²) in [6, 6.07) is 5.79. The van der Waals surface area contributed by atoms with E-state index in [1.165, 1.54) is 11.3 Å². The number of hydrogen-bond donors (Lipinski definition) is 1. The fraction of sp³-hybridized carbons (Fsp3) is 0.294. The number of thioether (sulfide) groups is 1. The maximum absolute atomic E-state index is 12.8. The number of hydrogen-bond acceptors (Lipinski definition) is 6. The van der Waals surface area contributed by atoms with Crippen molar-refractivity contribution in [2.45, 2.75) is 19.4 Å². The summed E-state index contributed by atoms with van der Waals surface area (Å²) in [7, 11) is 0. The lowest BCUT2D eigenvalue weighted by Gasteiger charge is -2.24. The van der Waals surface area contributed by atoms with E-state index < -0.39 is 23.8 Å². The van der Waals surface area contributed by atoms with Crippen LogP contribution in [-0.2, 0) is 4.79 Å². The largest absolute Gasteiger partial charge is 0.300 e. The Balaban J connectivity index is 1.87. The van der Waals surface area contributed by atoms with E-state index in [2.05, 4.69) is 10.3 Å². The zero-order chi connectivity index (χ0) is 18.0. The van der Waals surface area contributed by atoms with Gasteiger partial charge in [-0.3, -0.25) is 19.3 Å². The first-order chi connectivity index (χ1) is 12.0. The van der Waals surface area contributed by atoms with Gasteiger partial charge >= 0.3 is 0 Å². The number of aromatic nitrogens is 1. The Morgan fingerprint density at radius 1 is 1.28 bits per heavy atom. The van der Waals surface area contributed by atoms with Crippen molar-refractivity contribution in [1.29, 1.82) is 0 Å². The molecule has 0 saturated heterocycles. The smallest absolute Gasteiger partial charge is 0.262 e. The lowest BCUT2D eigenvalue weighted by Crippen LogP contribution is -2.47. The fourth-order valence-corrected chi connectivity index (χ4v) is 3.83. The zero-order valence-electron chi connectivity index (χ0n) is 13.8. The van der Waals surface area contributed by atoms with Crippen LogP contribution in [0.5, 0.6) is 0 Å². The van der Waals surface area contributed by atoms with E-state index in [1.54, 1.807) is 42.2 Å². The first-order valence-electron chi connectivity index (χ1n) is 7.72. The van der Waals surface area contributed by atoms with E-state index in [-0.39, 0.29) is 0 Å². The van der Waals surface area contributed by atoms with E-state index in [4.69, 9.17) is 0 Å². The summed E-state index contributed by atoms with van der Waals surface area (Å²) < 4.78 is 0. The molecule has 1 aliphatic heterocycles. The molecular formula is C17H17N3O3S2. The van der Waals surface area contributed by atoms with Crippen LogP contribution in [0.3, 0.4) is 0 Å². The van der Waals surface area contributed by atoms with Gasteiger partial charge in [0, 0.05) is 11.1 Å². The van der Waals surface area contributed by atoms with Gasteiger partial charge in [-0.25, -0.2) is 4.98 Å². The zero-order valence-corrected chi connectivity index (χ0v) is 15.4. The summed E-state index contributed by atoms with van der Waals surface area (Å²) in [5, 5.41) is 3.20. The first-order valence-corrected chi connectivity index (χ1v) is 9.93. The van der Waals surface area contributed by atoms with Crippen molar-refractivity contribution in [2.75, 3.05) is 17.3 Å². The van der Waals surface area contributed by atoms with Crippen molar-refractivity contribution in [3.8, 4) is 0 Å². The van der Waals surface area contributed by atoms with Crippen LogP contribution in [0.4, 0.5) is 5.13 Å². The highest BCUT2D eigenvalue weighted by atomic mass is 32.2. The number of amides is 3. The third-order valence-electron chi connectivity index (χ3n) is 3.89. The van der Waals surface area contributed by atoms with Gasteiger partial charge < -0.3 is 5.32 Å². The highest BCUT2D eigenvalue weighted by Crippen LogP contribution is 2.27. The lowest BCUT2D eigenvalue weighted by molar-refractivity contribution is -0.120. The van der Waals surface area contributed by atoms with Crippen LogP contribution in [-0.4, -0.2) is 45.7 Å². The Kier molecular flexibility index (Phi) is 5.19. The minimum Gasteiger partial charge on any atom is -0.300 e. The van der Waals surface area contributed by atoms with E-state index in [0.717, 1.165) is 9.78 Å². The standard InChI is InChI=1S/C17H17N3O3S2/c1-10-9-18-17(25-10)19-14(21)13(7-8-24-2)20-15(22)11-5-3-4-6-12(11)16(20)23/h3-6,9,13H,7-8H2,1-2H3,(H,18,19,21)/t13-/m0/s1. The van der Waals surface area contributed by atoms with Crippen molar-refractivity contribution in [2.24, 2.45) is 0 Å². The molecule has 1 aromatic heterocycles. The Morgan fingerprint density at radius 2 is 1.92 bits per heavy atom. The Labute approximate surface area is 153 Å². The lowest BCUT2D eigenvalue weighted by atomic mass is 10.1. The average molecular weight is 375 g/mol. The molecule has 1 aromatic carbocycles. The van der Waals surface area contributed by atoms with Crippen LogP contribution >= 0.6 is 23.1 Å². The number of aryl methyl sites for hydroxylation is 1.